The van der Waals surface area contributed by atoms with Gasteiger partial charge in [-0.1, -0.05) is 19.8 Å². The molecule has 0 saturated heterocycles. The predicted molar refractivity (Wildman–Crippen MR) is 81.0 cm³/mol. The Hall–Kier alpha value is 0. The van der Waals surface area contributed by atoms with E-state index in [1.54, 1.807) is 64.2 Å². The van der Waals surface area contributed by atoms with Crippen molar-refractivity contribution in [2.45, 2.75) is 84.0 Å². The van der Waals surface area contributed by atoms with Gasteiger partial charge in [0.15, 0.2) is 0 Å². The van der Waals surface area contributed by atoms with Crippen molar-refractivity contribution in [3.8, 4) is 0 Å². The Morgan fingerprint density at radius 2 is 1.21 bits per heavy atom. The van der Waals surface area contributed by atoms with Crippen LogP contribution in [0.4, 0.5) is 0 Å². The molecule has 0 aromatic carbocycles. The second-order valence-corrected chi connectivity index (χ2v) is 8.86. The fourth-order valence-electron chi connectivity index (χ4n) is 6.00. The summed E-state index contributed by atoms with van der Waals surface area (Å²) in [7, 11) is 0. The van der Waals surface area contributed by atoms with Crippen molar-refractivity contribution in [1.29, 1.82) is 0 Å². The van der Waals surface area contributed by atoms with Gasteiger partial charge in [-0.2, -0.15) is 0 Å². The Kier molecular flexibility index (Phi) is 3.20. The molecule has 0 aliphatic heterocycles. The van der Waals surface area contributed by atoms with Crippen molar-refractivity contribution in [2.24, 2.45) is 35.0 Å². The van der Waals surface area contributed by atoms with E-state index in [1.807, 2.05) is 0 Å². The molecule has 1 spiro atoms. The minimum absolute atomic E-state index is 0.843. The van der Waals surface area contributed by atoms with Crippen LogP contribution in [0.3, 0.4) is 0 Å². The maximum Gasteiger partial charge on any atom is -0.0294 e. The molecule has 4 aliphatic carbocycles. The summed E-state index contributed by atoms with van der Waals surface area (Å²) in [5.41, 5.74) is 0.843. The molecule has 0 aromatic heterocycles. The molecule has 0 radical (unpaired) electrons. The van der Waals surface area contributed by atoms with E-state index in [4.69, 9.17) is 0 Å². The van der Waals surface area contributed by atoms with Crippen molar-refractivity contribution in [3.63, 3.8) is 0 Å². The average Bonchev–Trinajstić information content (AvgIpc) is 3.19. The van der Waals surface area contributed by atoms with Crippen molar-refractivity contribution in [2.75, 3.05) is 0 Å². The number of rotatable bonds is 1. The monoisotopic (exact) mass is 260 g/mol. The van der Waals surface area contributed by atoms with Crippen LogP contribution < -0.4 is 0 Å². The van der Waals surface area contributed by atoms with E-state index < -0.39 is 0 Å². The summed E-state index contributed by atoms with van der Waals surface area (Å²) in [4.78, 5) is 0. The molecule has 0 nitrogen and oxygen atoms in total. The van der Waals surface area contributed by atoms with Crippen LogP contribution in [0, 0.1) is 35.0 Å². The smallest absolute Gasteiger partial charge is 0.0294 e. The van der Waals surface area contributed by atoms with Crippen LogP contribution in [0.15, 0.2) is 0 Å². The van der Waals surface area contributed by atoms with Gasteiger partial charge in [0, 0.05) is 0 Å². The lowest BCUT2D eigenvalue weighted by atomic mass is 9.60. The molecule has 0 N–H and O–H groups in total. The Morgan fingerprint density at radius 1 is 0.632 bits per heavy atom. The predicted octanol–water partition coefficient (Wildman–Crippen LogP) is 5.81. The topological polar surface area (TPSA) is 0 Å². The molecular weight excluding hydrogens is 228 g/mol. The van der Waals surface area contributed by atoms with Crippen LogP contribution in [0.2, 0.25) is 0 Å². The van der Waals surface area contributed by atoms with Crippen LogP contribution in [0.1, 0.15) is 84.0 Å². The van der Waals surface area contributed by atoms with Crippen LogP contribution in [-0.4, -0.2) is 0 Å². The summed E-state index contributed by atoms with van der Waals surface area (Å²) in [5, 5.41) is 0. The fraction of sp³-hybridized carbons (Fsp3) is 1.00. The van der Waals surface area contributed by atoms with Gasteiger partial charge in [0.25, 0.3) is 0 Å². The fourth-order valence-corrected chi connectivity index (χ4v) is 6.00. The molecule has 4 fully saturated rings. The van der Waals surface area contributed by atoms with Gasteiger partial charge in [0.2, 0.25) is 0 Å². The highest BCUT2D eigenvalue weighted by atomic mass is 14.5. The molecule has 108 valence electrons. The number of hydrogen-bond donors (Lipinski definition) is 0. The van der Waals surface area contributed by atoms with Crippen LogP contribution in [0.25, 0.3) is 0 Å². The van der Waals surface area contributed by atoms with Crippen molar-refractivity contribution in [3.05, 3.63) is 0 Å². The Balaban J connectivity index is 1.32. The first-order chi connectivity index (χ1) is 9.24. The zero-order valence-corrected chi connectivity index (χ0v) is 12.9. The van der Waals surface area contributed by atoms with Crippen molar-refractivity contribution in [1.82, 2.24) is 0 Å². The van der Waals surface area contributed by atoms with E-state index >= 15 is 0 Å². The van der Waals surface area contributed by atoms with E-state index in [0.29, 0.717) is 0 Å². The Bertz CT molecular complexity index is 315. The quantitative estimate of drug-likeness (QED) is 0.558. The molecule has 19 heavy (non-hydrogen) atoms. The molecule has 2 atom stereocenters. The van der Waals surface area contributed by atoms with Gasteiger partial charge in [-0.3, -0.25) is 0 Å². The molecule has 0 heterocycles. The third-order valence-corrected chi connectivity index (χ3v) is 7.63. The number of hydrogen-bond acceptors (Lipinski definition) is 0. The van der Waals surface area contributed by atoms with Gasteiger partial charge >= 0.3 is 0 Å². The molecule has 4 rings (SSSR count). The summed E-state index contributed by atoms with van der Waals surface area (Å²) in [6.07, 6.45) is 19.0. The Morgan fingerprint density at radius 3 is 1.84 bits per heavy atom. The highest BCUT2D eigenvalue weighted by molar-refractivity contribution is 5.00. The SMILES string of the molecule is CC1CCC(C2CCC3(CC2)CCC2CC2C3)CC1. The first-order valence-electron chi connectivity index (χ1n) is 9.24. The molecule has 4 saturated carbocycles. The molecule has 4 aliphatic rings. The van der Waals surface area contributed by atoms with Gasteiger partial charge in [-0.05, 0) is 99.2 Å². The lowest BCUT2D eigenvalue weighted by molar-refractivity contribution is 0.0605. The largest absolute Gasteiger partial charge is 0.0625 e. The maximum absolute atomic E-state index is 2.46. The van der Waals surface area contributed by atoms with Gasteiger partial charge in [0.1, 0.15) is 0 Å². The van der Waals surface area contributed by atoms with E-state index in [0.717, 1.165) is 23.2 Å². The van der Waals surface area contributed by atoms with Crippen LogP contribution in [0.5, 0.6) is 0 Å². The zero-order chi connectivity index (χ0) is 12.9. The highest BCUT2D eigenvalue weighted by Crippen LogP contribution is 2.61. The van der Waals surface area contributed by atoms with Gasteiger partial charge in [0.05, 0.1) is 0 Å². The Labute approximate surface area is 119 Å². The summed E-state index contributed by atoms with van der Waals surface area (Å²) in [6, 6.07) is 0. The molecule has 0 aromatic rings. The minimum Gasteiger partial charge on any atom is -0.0625 e. The normalized spacial score (nSPS) is 53.8. The van der Waals surface area contributed by atoms with Crippen molar-refractivity contribution >= 4 is 0 Å². The standard InChI is InChI=1S/C19H32/c1-14-2-4-15(5-3-14)16-6-9-19(10-7-16)11-8-17-12-18(17)13-19/h14-18H,2-13H2,1H3. The van der Waals surface area contributed by atoms with Crippen molar-refractivity contribution < 1.29 is 0 Å². The van der Waals surface area contributed by atoms with E-state index in [-0.39, 0.29) is 0 Å². The van der Waals surface area contributed by atoms with Gasteiger partial charge in [-0.15, -0.1) is 0 Å². The summed E-state index contributed by atoms with van der Waals surface area (Å²) in [6.45, 7) is 2.46. The summed E-state index contributed by atoms with van der Waals surface area (Å²) < 4.78 is 0. The third kappa shape index (κ3) is 2.49. The van der Waals surface area contributed by atoms with Gasteiger partial charge < -0.3 is 0 Å². The van der Waals surface area contributed by atoms with E-state index in [1.165, 1.54) is 24.7 Å². The molecule has 0 heteroatoms. The second-order valence-electron chi connectivity index (χ2n) is 8.86. The lowest BCUT2D eigenvalue weighted by Crippen LogP contribution is -2.33. The molecule has 0 bridgehead atoms. The first-order valence-corrected chi connectivity index (χ1v) is 9.24. The van der Waals surface area contributed by atoms with E-state index in [2.05, 4.69) is 6.92 Å². The zero-order valence-electron chi connectivity index (χ0n) is 12.9. The maximum atomic E-state index is 2.46. The van der Waals surface area contributed by atoms with Crippen LogP contribution in [-0.2, 0) is 0 Å². The second kappa shape index (κ2) is 4.78. The van der Waals surface area contributed by atoms with Crippen LogP contribution >= 0.6 is 0 Å². The average molecular weight is 260 g/mol. The number of fused-ring (bicyclic) bond motifs is 1. The minimum atomic E-state index is 0.843. The molecular formula is C19H32. The summed E-state index contributed by atoms with van der Waals surface area (Å²) in [5.74, 6) is 5.63. The molecule has 0 amide bonds. The van der Waals surface area contributed by atoms with Gasteiger partial charge in [-0.25, -0.2) is 0 Å². The summed E-state index contributed by atoms with van der Waals surface area (Å²) >= 11 is 0. The third-order valence-electron chi connectivity index (χ3n) is 7.63. The first kappa shape index (κ1) is 12.7. The van der Waals surface area contributed by atoms with E-state index in [9.17, 15) is 0 Å². The highest BCUT2D eigenvalue weighted by Gasteiger charge is 2.49. The molecule has 2 unspecified atom stereocenters. The lowest BCUT2D eigenvalue weighted by Gasteiger charge is -2.45.